The van der Waals surface area contributed by atoms with E-state index in [0.29, 0.717) is 5.69 Å². The molecule has 2 aromatic rings. The molecule has 1 N–H and O–H groups in total. The van der Waals surface area contributed by atoms with E-state index in [4.69, 9.17) is 0 Å². The molecular formula is C11H8FN3O3S. The van der Waals surface area contributed by atoms with Gasteiger partial charge in [-0.1, -0.05) is 0 Å². The van der Waals surface area contributed by atoms with Gasteiger partial charge < -0.3 is 5.32 Å². The first kappa shape index (κ1) is 13.1. The summed E-state index contributed by atoms with van der Waals surface area (Å²) in [6.07, 6.45) is 0. The molecule has 8 heteroatoms. The van der Waals surface area contributed by atoms with Gasteiger partial charge in [-0.15, -0.1) is 11.3 Å². The van der Waals surface area contributed by atoms with Crippen LogP contribution in [0.5, 0.6) is 0 Å². The highest BCUT2D eigenvalue weighted by atomic mass is 32.1. The SMILES string of the molecule is O=C(NCc1cscn1)c1cc([N+](=O)[O-])ccc1F. The third-order valence-electron chi connectivity index (χ3n) is 2.32. The molecule has 0 bridgehead atoms. The average molecular weight is 281 g/mol. The molecule has 0 aliphatic rings. The van der Waals surface area contributed by atoms with E-state index in [1.54, 1.807) is 10.9 Å². The number of non-ortho nitro benzene ring substituents is 1. The molecule has 2 rings (SSSR count). The van der Waals surface area contributed by atoms with Crippen LogP contribution in [0.2, 0.25) is 0 Å². The van der Waals surface area contributed by atoms with E-state index in [1.165, 1.54) is 11.3 Å². The van der Waals surface area contributed by atoms with Crippen molar-refractivity contribution in [3.63, 3.8) is 0 Å². The van der Waals surface area contributed by atoms with Gasteiger partial charge in [-0.2, -0.15) is 0 Å². The molecule has 6 nitrogen and oxygen atoms in total. The van der Waals surface area contributed by atoms with Crippen molar-refractivity contribution in [3.05, 3.63) is 56.3 Å². The van der Waals surface area contributed by atoms with Crippen molar-refractivity contribution in [2.45, 2.75) is 6.54 Å². The number of nitro groups is 1. The standard InChI is InChI=1S/C11H8FN3O3S/c12-10-2-1-8(15(17)18)3-9(10)11(16)13-4-7-5-19-6-14-7/h1-3,5-6H,4H2,(H,13,16). The summed E-state index contributed by atoms with van der Waals surface area (Å²) in [4.78, 5) is 25.6. The Morgan fingerprint density at radius 2 is 2.32 bits per heavy atom. The average Bonchev–Trinajstić information content (AvgIpc) is 2.89. The highest BCUT2D eigenvalue weighted by Gasteiger charge is 2.16. The largest absolute Gasteiger partial charge is 0.346 e. The number of halogens is 1. The lowest BCUT2D eigenvalue weighted by atomic mass is 10.1. The van der Waals surface area contributed by atoms with Crippen LogP contribution in [0, 0.1) is 15.9 Å². The fourth-order valence-electron chi connectivity index (χ4n) is 1.39. The van der Waals surface area contributed by atoms with Crippen LogP contribution in [0.25, 0.3) is 0 Å². The molecular weight excluding hydrogens is 273 g/mol. The van der Waals surface area contributed by atoms with Crippen LogP contribution in [0.3, 0.4) is 0 Å². The Labute approximate surface area is 111 Å². The summed E-state index contributed by atoms with van der Waals surface area (Å²) in [6, 6.07) is 2.81. The molecule has 1 amide bonds. The van der Waals surface area contributed by atoms with Crippen LogP contribution in [-0.4, -0.2) is 15.8 Å². The van der Waals surface area contributed by atoms with Gasteiger partial charge in [0.25, 0.3) is 11.6 Å². The maximum absolute atomic E-state index is 13.5. The van der Waals surface area contributed by atoms with Gasteiger partial charge in [-0.25, -0.2) is 9.37 Å². The van der Waals surface area contributed by atoms with Crippen molar-refractivity contribution in [1.29, 1.82) is 0 Å². The molecule has 0 unspecified atom stereocenters. The highest BCUT2D eigenvalue weighted by molar-refractivity contribution is 7.07. The van der Waals surface area contributed by atoms with Crippen LogP contribution in [0.4, 0.5) is 10.1 Å². The minimum absolute atomic E-state index is 0.143. The Kier molecular flexibility index (Phi) is 3.81. The fraction of sp³-hybridized carbons (Fsp3) is 0.0909. The lowest BCUT2D eigenvalue weighted by Gasteiger charge is -2.04. The van der Waals surface area contributed by atoms with Crippen molar-refractivity contribution >= 4 is 22.9 Å². The zero-order valence-corrected chi connectivity index (χ0v) is 10.3. The van der Waals surface area contributed by atoms with Gasteiger partial charge in [0.05, 0.1) is 28.2 Å². The van der Waals surface area contributed by atoms with Crippen molar-refractivity contribution in [2.24, 2.45) is 0 Å². The summed E-state index contributed by atoms with van der Waals surface area (Å²) in [5, 5.41) is 14.8. The summed E-state index contributed by atoms with van der Waals surface area (Å²) in [6.45, 7) is 0.143. The lowest BCUT2D eigenvalue weighted by molar-refractivity contribution is -0.384. The molecule has 0 aliphatic carbocycles. The zero-order valence-electron chi connectivity index (χ0n) is 9.50. The predicted molar refractivity (Wildman–Crippen MR) is 66.3 cm³/mol. The van der Waals surface area contributed by atoms with Crippen molar-refractivity contribution in [2.75, 3.05) is 0 Å². The van der Waals surface area contributed by atoms with Crippen LogP contribution in [0.15, 0.2) is 29.1 Å². The molecule has 0 saturated heterocycles. The van der Waals surface area contributed by atoms with Crippen molar-refractivity contribution in [1.82, 2.24) is 10.3 Å². The first-order valence-corrected chi connectivity index (χ1v) is 6.11. The number of nitro benzene ring substituents is 1. The normalized spacial score (nSPS) is 10.2. The maximum atomic E-state index is 13.5. The second kappa shape index (κ2) is 5.53. The van der Waals surface area contributed by atoms with Gasteiger partial charge >= 0.3 is 0 Å². The highest BCUT2D eigenvalue weighted by Crippen LogP contribution is 2.16. The molecule has 0 fully saturated rings. The van der Waals surface area contributed by atoms with Gasteiger partial charge in [0.2, 0.25) is 0 Å². The van der Waals surface area contributed by atoms with Gasteiger partial charge in [0, 0.05) is 17.5 Å². The molecule has 0 radical (unpaired) electrons. The third-order valence-corrected chi connectivity index (χ3v) is 2.95. The second-order valence-electron chi connectivity index (χ2n) is 3.58. The first-order chi connectivity index (χ1) is 9.08. The van der Waals surface area contributed by atoms with E-state index in [1.807, 2.05) is 0 Å². The van der Waals surface area contributed by atoms with E-state index >= 15 is 0 Å². The first-order valence-electron chi connectivity index (χ1n) is 5.17. The number of rotatable bonds is 4. The summed E-state index contributed by atoms with van der Waals surface area (Å²) in [7, 11) is 0. The molecule has 0 saturated carbocycles. The number of hydrogen-bond donors (Lipinski definition) is 1. The molecule has 1 aromatic carbocycles. The van der Waals surface area contributed by atoms with Crippen molar-refractivity contribution in [3.8, 4) is 0 Å². The molecule has 1 heterocycles. The van der Waals surface area contributed by atoms with E-state index in [0.717, 1.165) is 18.2 Å². The van der Waals surface area contributed by atoms with E-state index in [9.17, 15) is 19.3 Å². The smallest absolute Gasteiger partial charge is 0.270 e. The Morgan fingerprint density at radius 3 is 2.95 bits per heavy atom. The van der Waals surface area contributed by atoms with Crippen LogP contribution >= 0.6 is 11.3 Å². The van der Waals surface area contributed by atoms with Gasteiger partial charge in [-0.3, -0.25) is 14.9 Å². The zero-order chi connectivity index (χ0) is 13.8. The monoisotopic (exact) mass is 281 g/mol. The van der Waals surface area contributed by atoms with Crippen LogP contribution < -0.4 is 5.32 Å². The van der Waals surface area contributed by atoms with Crippen LogP contribution in [0.1, 0.15) is 16.1 Å². The van der Waals surface area contributed by atoms with E-state index < -0.39 is 16.6 Å². The number of benzene rings is 1. The van der Waals surface area contributed by atoms with Gasteiger partial charge in [0.15, 0.2) is 0 Å². The molecule has 19 heavy (non-hydrogen) atoms. The predicted octanol–water partition coefficient (Wildman–Crippen LogP) is 2.12. The number of hydrogen-bond acceptors (Lipinski definition) is 5. The number of nitrogens with zero attached hydrogens (tertiary/aromatic N) is 2. The van der Waals surface area contributed by atoms with E-state index in [2.05, 4.69) is 10.3 Å². The molecule has 0 atom stereocenters. The van der Waals surface area contributed by atoms with E-state index in [-0.39, 0.29) is 17.8 Å². The minimum atomic E-state index is -0.804. The topological polar surface area (TPSA) is 85.1 Å². The van der Waals surface area contributed by atoms with Gasteiger partial charge in [-0.05, 0) is 6.07 Å². The summed E-state index contributed by atoms with van der Waals surface area (Å²) >= 11 is 1.37. The Morgan fingerprint density at radius 1 is 1.53 bits per heavy atom. The number of carbonyl (C=O) groups excluding carboxylic acids is 1. The summed E-state index contributed by atoms with van der Waals surface area (Å²) < 4.78 is 13.5. The molecule has 0 spiro atoms. The summed E-state index contributed by atoms with van der Waals surface area (Å²) in [5.41, 5.74) is 1.56. The third kappa shape index (κ3) is 3.10. The number of thiazole rings is 1. The number of nitrogens with one attached hydrogen (secondary N) is 1. The molecule has 1 aromatic heterocycles. The number of carbonyl (C=O) groups is 1. The van der Waals surface area contributed by atoms with Crippen molar-refractivity contribution < 1.29 is 14.1 Å². The maximum Gasteiger partial charge on any atom is 0.270 e. The number of amides is 1. The molecule has 98 valence electrons. The Bertz CT molecular complexity index is 616. The molecule has 0 aliphatic heterocycles. The lowest BCUT2D eigenvalue weighted by Crippen LogP contribution is -2.24. The Balaban J connectivity index is 2.14. The quantitative estimate of drug-likeness (QED) is 0.687. The van der Waals surface area contributed by atoms with Crippen LogP contribution in [-0.2, 0) is 6.54 Å². The fourth-order valence-corrected chi connectivity index (χ4v) is 1.95. The number of aromatic nitrogens is 1. The van der Waals surface area contributed by atoms with Gasteiger partial charge in [0.1, 0.15) is 5.82 Å². The summed E-state index contributed by atoms with van der Waals surface area (Å²) in [5.74, 6) is -1.52. The second-order valence-corrected chi connectivity index (χ2v) is 4.30. The Hall–Kier alpha value is -2.35. The minimum Gasteiger partial charge on any atom is -0.346 e.